The first kappa shape index (κ1) is 21.1. The van der Waals surface area contributed by atoms with Crippen LogP contribution in [-0.2, 0) is 0 Å². The SMILES string of the molecule is COc1ccc(-c2ccc(OC)cc2C(=O)c2ccccc2)c(C(=O)c2ccccc2)c1. The maximum atomic E-state index is 13.4. The highest BCUT2D eigenvalue weighted by Gasteiger charge is 2.21. The molecule has 0 spiro atoms. The Morgan fingerprint density at radius 2 is 0.906 bits per heavy atom. The molecule has 0 fully saturated rings. The van der Waals surface area contributed by atoms with Crippen LogP contribution in [0.1, 0.15) is 31.8 Å². The number of ether oxygens (including phenoxy) is 2. The molecule has 4 rings (SSSR count). The topological polar surface area (TPSA) is 52.6 Å². The van der Waals surface area contributed by atoms with E-state index in [1.165, 1.54) is 0 Å². The largest absolute Gasteiger partial charge is 0.497 e. The van der Waals surface area contributed by atoms with Crippen molar-refractivity contribution in [3.63, 3.8) is 0 Å². The zero-order valence-electron chi connectivity index (χ0n) is 17.9. The van der Waals surface area contributed by atoms with Gasteiger partial charge in [0, 0.05) is 22.3 Å². The Labute approximate surface area is 187 Å². The van der Waals surface area contributed by atoms with Crippen LogP contribution in [-0.4, -0.2) is 25.8 Å². The van der Waals surface area contributed by atoms with Crippen LogP contribution >= 0.6 is 0 Å². The Bertz CT molecular complexity index is 1160. The average Bonchev–Trinajstić information content (AvgIpc) is 2.88. The Hall–Kier alpha value is -4.18. The lowest BCUT2D eigenvalue weighted by atomic mass is 9.88. The monoisotopic (exact) mass is 422 g/mol. The van der Waals surface area contributed by atoms with Gasteiger partial charge in [-0.1, -0.05) is 60.7 Å². The normalized spacial score (nSPS) is 10.4. The lowest BCUT2D eigenvalue weighted by Gasteiger charge is -2.15. The molecular formula is C28H22O4. The maximum absolute atomic E-state index is 13.4. The number of carbonyl (C=O) groups is 2. The second kappa shape index (κ2) is 9.31. The molecule has 0 atom stereocenters. The Morgan fingerprint density at radius 3 is 1.25 bits per heavy atom. The van der Waals surface area contributed by atoms with E-state index in [-0.39, 0.29) is 11.6 Å². The first-order chi connectivity index (χ1) is 15.6. The van der Waals surface area contributed by atoms with E-state index in [1.54, 1.807) is 62.8 Å². The summed E-state index contributed by atoms with van der Waals surface area (Å²) in [5.74, 6) is 0.844. The molecule has 0 saturated heterocycles. The van der Waals surface area contributed by atoms with Crippen LogP contribution in [0.3, 0.4) is 0 Å². The Balaban J connectivity index is 1.92. The summed E-state index contributed by atoms with van der Waals surface area (Å²) in [5.41, 5.74) is 3.35. The van der Waals surface area contributed by atoms with Gasteiger partial charge in [0.05, 0.1) is 14.2 Å². The fraction of sp³-hybridized carbons (Fsp3) is 0.0714. The van der Waals surface area contributed by atoms with Crippen molar-refractivity contribution in [2.24, 2.45) is 0 Å². The molecule has 158 valence electrons. The van der Waals surface area contributed by atoms with E-state index in [9.17, 15) is 9.59 Å². The van der Waals surface area contributed by atoms with Crippen molar-refractivity contribution in [3.8, 4) is 22.6 Å². The fourth-order valence-electron chi connectivity index (χ4n) is 3.64. The zero-order valence-corrected chi connectivity index (χ0v) is 17.9. The molecule has 32 heavy (non-hydrogen) atoms. The maximum Gasteiger partial charge on any atom is 0.193 e. The highest BCUT2D eigenvalue weighted by Crippen LogP contribution is 2.34. The molecule has 0 bridgehead atoms. The van der Waals surface area contributed by atoms with Crippen molar-refractivity contribution in [3.05, 3.63) is 119 Å². The van der Waals surface area contributed by atoms with E-state index in [4.69, 9.17) is 9.47 Å². The Morgan fingerprint density at radius 1 is 0.531 bits per heavy atom. The molecular weight excluding hydrogens is 400 g/mol. The molecule has 4 heteroatoms. The summed E-state index contributed by atoms with van der Waals surface area (Å²) in [5, 5.41) is 0. The van der Waals surface area contributed by atoms with Gasteiger partial charge in [0.25, 0.3) is 0 Å². The van der Waals surface area contributed by atoms with E-state index in [0.717, 1.165) is 0 Å². The molecule has 4 aromatic rings. The van der Waals surface area contributed by atoms with Gasteiger partial charge >= 0.3 is 0 Å². The average molecular weight is 422 g/mol. The molecule has 0 radical (unpaired) electrons. The highest BCUT2D eigenvalue weighted by molar-refractivity contribution is 6.17. The second-order valence-corrected chi connectivity index (χ2v) is 7.21. The van der Waals surface area contributed by atoms with Gasteiger partial charge in [-0.2, -0.15) is 0 Å². The fourth-order valence-corrected chi connectivity index (χ4v) is 3.64. The molecule has 0 unspecified atom stereocenters. The van der Waals surface area contributed by atoms with Gasteiger partial charge in [-0.05, 0) is 47.5 Å². The third-order valence-corrected chi connectivity index (χ3v) is 5.30. The second-order valence-electron chi connectivity index (χ2n) is 7.21. The minimum atomic E-state index is -0.145. The third-order valence-electron chi connectivity index (χ3n) is 5.30. The van der Waals surface area contributed by atoms with Gasteiger partial charge in [-0.25, -0.2) is 0 Å². The predicted molar refractivity (Wildman–Crippen MR) is 125 cm³/mol. The summed E-state index contributed by atoms with van der Waals surface area (Å²) in [7, 11) is 3.12. The molecule has 4 nitrogen and oxygen atoms in total. The quantitative estimate of drug-likeness (QED) is 0.352. The van der Waals surface area contributed by atoms with Crippen molar-refractivity contribution < 1.29 is 19.1 Å². The van der Waals surface area contributed by atoms with Gasteiger partial charge < -0.3 is 9.47 Å². The molecule has 0 amide bonds. The van der Waals surface area contributed by atoms with Crippen LogP contribution < -0.4 is 9.47 Å². The number of rotatable bonds is 7. The number of ketones is 2. The van der Waals surface area contributed by atoms with Gasteiger partial charge in [0.2, 0.25) is 0 Å². The molecule has 0 aliphatic heterocycles. The van der Waals surface area contributed by atoms with Crippen molar-refractivity contribution in [1.29, 1.82) is 0 Å². The Kier molecular flexibility index (Phi) is 6.13. The number of carbonyl (C=O) groups excluding carboxylic acids is 2. The molecule has 0 N–H and O–H groups in total. The van der Waals surface area contributed by atoms with Crippen molar-refractivity contribution in [2.45, 2.75) is 0 Å². The van der Waals surface area contributed by atoms with Crippen molar-refractivity contribution >= 4 is 11.6 Å². The first-order valence-corrected chi connectivity index (χ1v) is 10.2. The minimum Gasteiger partial charge on any atom is -0.497 e. The van der Waals surface area contributed by atoms with Crippen molar-refractivity contribution in [2.75, 3.05) is 14.2 Å². The molecule has 0 saturated carbocycles. The zero-order chi connectivity index (χ0) is 22.5. The third kappa shape index (κ3) is 4.16. The van der Waals surface area contributed by atoms with Crippen molar-refractivity contribution in [1.82, 2.24) is 0 Å². The van der Waals surface area contributed by atoms with Gasteiger partial charge in [-0.15, -0.1) is 0 Å². The number of hydrogen-bond donors (Lipinski definition) is 0. The summed E-state index contributed by atoms with van der Waals surface area (Å²) >= 11 is 0. The first-order valence-electron chi connectivity index (χ1n) is 10.2. The number of methoxy groups -OCH3 is 2. The van der Waals surface area contributed by atoms with Crippen LogP contribution in [0.5, 0.6) is 11.5 Å². The van der Waals surface area contributed by atoms with Gasteiger partial charge in [0.15, 0.2) is 11.6 Å². The molecule has 0 aromatic heterocycles. The van der Waals surface area contributed by atoms with E-state index in [0.29, 0.717) is 44.9 Å². The highest BCUT2D eigenvalue weighted by atomic mass is 16.5. The van der Waals surface area contributed by atoms with E-state index in [2.05, 4.69) is 0 Å². The van der Waals surface area contributed by atoms with Crippen LogP contribution in [0.15, 0.2) is 97.1 Å². The minimum absolute atomic E-state index is 0.145. The molecule has 0 aliphatic carbocycles. The summed E-state index contributed by atoms with van der Waals surface area (Å²) in [6, 6.07) is 28.8. The number of hydrogen-bond acceptors (Lipinski definition) is 4. The summed E-state index contributed by atoms with van der Waals surface area (Å²) in [4.78, 5) is 26.8. The molecule has 0 aliphatic rings. The van der Waals surface area contributed by atoms with Gasteiger partial charge in [0.1, 0.15) is 11.5 Å². The van der Waals surface area contributed by atoms with Crippen LogP contribution in [0.4, 0.5) is 0 Å². The summed E-state index contributed by atoms with van der Waals surface area (Å²) in [6.45, 7) is 0. The standard InChI is InChI=1S/C28H22O4/c1-31-21-13-15-23(25(17-21)27(29)19-9-5-3-6-10-19)24-16-14-22(32-2)18-26(24)28(30)20-11-7-4-8-12-20/h3-18H,1-2H3. The lowest BCUT2D eigenvalue weighted by molar-refractivity contribution is 0.102. The lowest BCUT2D eigenvalue weighted by Crippen LogP contribution is -2.08. The van der Waals surface area contributed by atoms with E-state index < -0.39 is 0 Å². The van der Waals surface area contributed by atoms with E-state index in [1.807, 2.05) is 48.5 Å². The number of benzene rings is 4. The van der Waals surface area contributed by atoms with E-state index >= 15 is 0 Å². The summed E-state index contributed by atoms with van der Waals surface area (Å²) < 4.78 is 10.8. The molecule has 4 aromatic carbocycles. The predicted octanol–water partition coefficient (Wildman–Crippen LogP) is 5.83. The van der Waals surface area contributed by atoms with Crippen LogP contribution in [0, 0.1) is 0 Å². The smallest absolute Gasteiger partial charge is 0.193 e. The van der Waals surface area contributed by atoms with Crippen LogP contribution in [0.25, 0.3) is 11.1 Å². The van der Waals surface area contributed by atoms with Gasteiger partial charge in [-0.3, -0.25) is 9.59 Å². The summed E-state index contributed by atoms with van der Waals surface area (Å²) in [6.07, 6.45) is 0. The van der Waals surface area contributed by atoms with Crippen LogP contribution in [0.2, 0.25) is 0 Å². The molecule has 0 heterocycles.